The Bertz CT molecular complexity index is 292. The third kappa shape index (κ3) is 5.02. The van der Waals surface area contributed by atoms with Crippen molar-refractivity contribution in [3.63, 3.8) is 0 Å². The fraction of sp³-hybridized carbons (Fsp3) is 0.571. The van der Waals surface area contributed by atoms with E-state index >= 15 is 0 Å². The number of benzene rings is 1. The fourth-order valence-electron chi connectivity index (χ4n) is 1.65. The van der Waals surface area contributed by atoms with Gasteiger partial charge in [0.05, 0.1) is 6.10 Å². The second-order valence-electron chi connectivity index (χ2n) is 4.40. The lowest BCUT2D eigenvalue weighted by Crippen LogP contribution is -2.06. The van der Waals surface area contributed by atoms with Gasteiger partial charge >= 0.3 is 0 Å². The average Bonchev–Trinajstić information content (AvgIpc) is 2.20. The highest BCUT2D eigenvalue weighted by Gasteiger charge is 2.04. The molecule has 1 aromatic carbocycles. The zero-order valence-corrected chi connectivity index (χ0v) is 12.0. The second-order valence-corrected chi connectivity index (χ2v) is 5.70. The number of halogens is 1. The molecule has 16 heavy (non-hydrogen) atoms. The van der Waals surface area contributed by atoms with Crippen LogP contribution in [0, 0.1) is 0 Å². The summed E-state index contributed by atoms with van der Waals surface area (Å²) in [6, 6.07) is 8.42. The summed E-state index contributed by atoms with van der Waals surface area (Å²) in [6.45, 7) is 6.31. The van der Waals surface area contributed by atoms with Gasteiger partial charge in [0.15, 0.2) is 0 Å². The maximum absolute atomic E-state index is 5.61. The molecule has 1 aromatic rings. The van der Waals surface area contributed by atoms with Crippen LogP contribution in [0.3, 0.4) is 0 Å². The van der Waals surface area contributed by atoms with Gasteiger partial charge in [0.25, 0.3) is 0 Å². The Labute approximate surface area is 107 Å². The molecule has 0 aliphatic rings. The zero-order chi connectivity index (χ0) is 12.0. The van der Waals surface area contributed by atoms with E-state index in [4.69, 9.17) is 4.74 Å². The minimum atomic E-state index is 0.245. The van der Waals surface area contributed by atoms with Gasteiger partial charge in [-0.2, -0.15) is 0 Å². The van der Waals surface area contributed by atoms with Crippen LogP contribution in [-0.2, 0) is 6.42 Å². The molecule has 0 amide bonds. The van der Waals surface area contributed by atoms with Gasteiger partial charge in [-0.3, -0.25) is 0 Å². The lowest BCUT2D eigenvalue weighted by atomic mass is 10.1. The number of ether oxygens (including phenoxy) is 1. The Hall–Kier alpha value is -0.500. The minimum Gasteiger partial charge on any atom is -0.491 e. The first-order valence-electron chi connectivity index (χ1n) is 6.01. The summed E-state index contributed by atoms with van der Waals surface area (Å²) in [6.07, 6.45) is 3.79. The first kappa shape index (κ1) is 13.6. The molecule has 1 nitrogen and oxygen atoms in total. The Kier molecular flexibility index (Phi) is 5.89. The predicted octanol–water partition coefficient (Wildman–Crippen LogP) is 4.58. The first-order chi connectivity index (χ1) is 7.61. The molecule has 1 unspecified atom stereocenters. The predicted molar refractivity (Wildman–Crippen MR) is 73.5 cm³/mol. The molecule has 0 N–H and O–H groups in total. The Morgan fingerprint density at radius 3 is 2.31 bits per heavy atom. The van der Waals surface area contributed by atoms with Crippen LogP contribution < -0.4 is 4.74 Å². The van der Waals surface area contributed by atoms with Crippen LogP contribution in [0.5, 0.6) is 5.75 Å². The van der Waals surface area contributed by atoms with Crippen molar-refractivity contribution in [3.05, 3.63) is 29.8 Å². The summed E-state index contributed by atoms with van der Waals surface area (Å²) < 4.78 is 5.61. The summed E-state index contributed by atoms with van der Waals surface area (Å²) in [5, 5.41) is 0. The van der Waals surface area contributed by atoms with Crippen LogP contribution >= 0.6 is 15.9 Å². The molecule has 0 aromatic heterocycles. The Balaban J connectivity index is 2.50. The summed E-state index contributed by atoms with van der Waals surface area (Å²) in [5.74, 6) is 0.959. The maximum atomic E-state index is 5.61. The Morgan fingerprint density at radius 2 is 1.81 bits per heavy atom. The van der Waals surface area contributed by atoms with Crippen molar-refractivity contribution in [2.24, 2.45) is 0 Å². The van der Waals surface area contributed by atoms with Crippen molar-refractivity contribution in [1.82, 2.24) is 0 Å². The highest BCUT2D eigenvalue weighted by Crippen LogP contribution is 2.18. The summed E-state index contributed by atoms with van der Waals surface area (Å²) >= 11 is 3.70. The largest absolute Gasteiger partial charge is 0.491 e. The minimum absolute atomic E-state index is 0.245. The summed E-state index contributed by atoms with van der Waals surface area (Å²) in [5.41, 5.74) is 1.37. The van der Waals surface area contributed by atoms with Gasteiger partial charge in [0.1, 0.15) is 5.75 Å². The molecule has 0 bridgehead atoms. The molecule has 0 saturated heterocycles. The standard InChI is InChI=1S/C14H21BrO/c1-4-5-13(15)10-12-6-8-14(9-7-12)16-11(2)3/h6-9,11,13H,4-5,10H2,1-3H3. The van der Waals surface area contributed by atoms with Crippen molar-refractivity contribution in [2.75, 3.05) is 0 Å². The average molecular weight is 285 g/mol. The molecule has 2 heteroatoms. The van der Waals surface area contributed by atoms with Crippen LogP contribution in [0.2, 0.25) is 0 Å². The van der Waals surface area contributed by atoms with E-state index in [1.807, 2.05) is 13.8 Å². The van der Waals surface area contributed by atoms with E-state index < -0.39 is 0 Å². The van der Waals surface area contributed by atoms with Crippen molar-refractivity contribution in [2.45, 2.75) is 51.0 Å². The van der Waals surface area contributed by atoms with E-state index in [1.54, 1.807) is 0 Å². The van der Waals surface area contributed by atoms with Crippen LogP contribution in [0.1, 0.15) is 39.2 Å². The van der Waals surface area contributed by atoms with E-state index in [-0.39, 0.29) is 6.10 Å². The van der Waals surface area contributed by atoms with Gasteiger partial charge in [0, 0.05) is 4.83 Å². The van der Waals surface area contributed by atoms with Gasteiger partial charge in [-0.15, -0.1) is 0 Å². The van der Waals surface area contributed by atoms with Gasteiger partial charge in [-0.05, 0) is 44.4 Å². The second kappa shape index (κ2) is 6.95. The molecule has 0 saturated carbocycles. The van der Waals surface area contributed by atoms with E-state index in [2.05, 4.69) is 47.1 Å². The van der Waals surface area contributed by atoms with E-state index in [0.717, 1.165) is 12.2 Å². The van der Waals surface area contributed by atoms with Gasteiger partial charge < -0.3 is 4.74 Å². The van der Waals surface area contributed by atoms with Crippen LogP contribution in [0.4, 0.5) is 0 Å². The van der Waals surface area contributed by atoms with Crippen molar-refractivity contribution >= 4 is 15.9 Å². The molecule has 0 fully saturated rings. The summed E-state index contributed by atoms with van der Waals surface area (Å²) in [4.78, 5) is 0.592. The molecule has 0 spiro atoms. The highest BCUT2D eigenvalue weighted by molar-refractivity contribution is 9.09. The van der Waals surface area contributed by atoms with Gasteiger partial charge in [-0.25, -0.2) is 0 Å². The number of hydrogen-bond donors (Lipinski definition) is 0. The van der Waals surface area contributed by atoms with E-state index in [0.29, 0.717) is 4.83 Å². The Morgan fingerprint density at radius 1 is 1.19 bits per heavy atom. The smallest absolute Gasteiger partial charge is 0.119 e. The lowest BCUT2D eigenvalue weighted by Gasteiger charge is -2.11. The van der Waals surface area contributed by atoms with Crippen LogP contribution in [0.15, 0.2) is 24.3 Å². The molecule has 0 aliphatic heterocycles. The lowest BCUT2D eigenvalue weighted by molar-refractivity contribution is 0.242. The number of alkyl halides is 1. The highest BCUT2D eigenvalue weighted by atomic mass is 79.9. The van der Waals surface area contributed by atoms with E-state index in [1.165, 1.54) is 18.4 Å². The fourth-order valence-corrected chi connectivity index (χ4v) is 2.48. The van der Waals surface area contributed by atoms with E-state index in [9.17, 15) is 0 Å². The quantitative estimate of drug-likeness (QED) is 0.695. The SMILES string of the molecule is CCCC(Br)Cc1ccc(OC(C)C)cc1. The molecule has 1 rings (SSSR count). The zero-order valence-electron chi connectivity index (χ0n) is 10.4. The monoisotopic (exact) mass is 284 g/mol. The summed E-state index contributed by atoms with van der Waals surface area (Å²) in [7, 11) is 0. The third-order valence-corrected chi connectivity index (χ3v) is 3.14. The molecule has 0 aliphatic carbocycles. The third-order valence-electron chi connectivity index (χ3n) is 2.35. The van der Waals surface area contributed by atoms with Crippen molar-refractivity contribution < 1.29 is 4.74 Å². The number of hydrogen-bond acceptors (Lipinski definition) is 1. The molecule has 90 valence electrons. The van der Waals surface area contributed by atoms with Crippen LogP contribution in [-0.4, -0.2) is 10.9 Å². The molecular weight excluding hydrogens is 264 g/mol. The molecule has 0 radical (unpaired) electrons. The first-order valence-corrected chi connectivity index (χ1v) is 6.93. The molecular formula is C14H21BrO. The maximum Gasteiger partial charge on any atom is 0.119 e. The van der Waals surface area contributed by atoms with Crippen LogP contribution in [0.25, 0.3) is 0 Å². The van der Waals surface area contributed by atoms with Gasteiger partial charge in [-0.1, -0.05) is 41.4 Å². The topological polar surface area (TPSA) is 9.23 Å². The normalized spacial score (nSPS) is 12.8. The van der Waals surface area contributed by atoms with Crippen molar-refractivity contribution in [3.8, 4) is 5.75 Å². The molecule has 0 heterocycles. The molecule has 1 atom stereocenters. The number of rotatable bonds is 6. The van der Waals surface area contributed by atoms with Gasteiger partial charge in [0.2, 0.25) is 0 Å². The van der Waals surface area contributed by atoms with Crippen molar-refractivity contribution in [1.29, 1.82) is 0 Å².